The second kappa shape index (κ2) is 6.73. The molecule has 0 bridgehead atoms. The summed E-state index contributed by atoms with van der Waals surface area (Å²) in [7, 11) is 0. The lowest BCUT2D eigenvalue weighted by Crippen LogP contribution is -2.45. The molecule has 1 amide bonds. The summed E-state index contributed by atoms with van der Waals surface area (Å²) in [6, 6.07) is 3.77. The lowest BCUT2D eigenvalue weighted by molar-refractivity contribution is -0.123. The molecule has 1 aromatic heterocycles. The van der Waals surface area contributed by atoms with Crippen molar-refractivity contribution in [1.82, 2.24) is 4.98 Å². The van der Waals surface area contributed by atoms with Crippen LogP contribution in [0.25, 0.3) is 0 Å². The van der Waals surface area contributed by atoms with Crippen molar-refractivity contribution in [2.24, 2.45) is 5.92 Å². The fourth-order valence-electron chi connectivity index (χ4n) is 2.78. The highest BCUT2D eigenvalue weighted by molar-refractivity contribution is 5.96. The largest absolute Gasteiger partial charge is 0.471 e. The van der Waals surface area contributed by atoms with Gasteiger partial charge in [0.2, 0.25) is 11.8 Å². The number of aromatic nitrogens is 1. The zero-order valence-electron chi connectivity index (χ0n) is 12.6. The maximum Gasteiger partial charge on any atom is 0.238 e. The van der Waals surface area contributed by atoms with Gasteiger partial charge in [0.25, 0.3) is 0 Å². The first-order chi connectivity index (χ1) is 9.67. The van der Waals surface area contributed by atoms with Gasteiger partial charge in [-0.05, 0) is 31.9 Å². The molecule has 0 aliphatic carbocycles. The van der Waals surface area contributed by atoms with Gasteiger partial charge in [-0.2, -0.15) is 0 Å². The van der Waals surface area contributed by atoms with Crippen LogP contribution in [0.1, 0.15) is 46.5 Å². The van der Waals surface area contributed by atoms with Crippen LogP contribution in [0, 0.1) is 5.92 Å². The van der Waals surface area contributed by atoms with Crippen LogP contribution in [0.2, 0.25) is 0 Å². The number of ether oxygens (including phenoxy) is 1. The molecule has 0 saturated heterocycles. The highest BCUT2D eigenvalue weighted by atomic mass is 16.5. The number of hydrogen-bond acceptors (Lipinski definition) is 3. The minimum absolute atomic E-state index is 0.00902. The summed E-state index contributed by atoms with van der Waals surface area (Å²) in [4.78, 5) is 18.9. The van der Waals surface area contributed by atoms with Gasteiger partial charge in [0.1, 0.15) is 11.8 Å². The number of rotatable bonds is 5. The Morgan fingerprint density at radius 3 is 2.80 bits per heavy atom. The summed E-state index contributed by atoms with van der Waals surface area (Å²) in [6.45, 7) is 6.86. The van der Waals surface area contributed by atoms with Crippen LogP contribution in [-0.4, -0.2) is 23.5 Å². The van der Waals surface area contributed by atoms with Gasteiger partial charge >= 0.3 is 0 Å². The molecule has 0 saturated carbocycles. The average Bonchev–Trinajstić information content (AvgIpc) is 2.45. The van der Waals surface area contributed by atoms with Crippen molar-refractivity contribution < 1.29 is 9.53 Å². The predicted molar refractivity (Wildman–Crippen MR) is 80.0 cm³/mol. The molecule has 2 heterocycles. The standard InChI is InChI=1S/C16H24N2O2/c1-4-7-13(8-5-2)16(19)18-11-12(3)20-15-14(18)9-6-10-17-15/h6,9-10,12-13H,4-5,7-8,11H2,1-3H3. The summed E-state index contributed by atoms with van der Waals surface area (Å²) in [5.41, 5.74) is 0.813. The molecular formula is C16H24N2O2. The second-order valence-electron chi connectivity index (χ2n) is 5.48. The molecule has 110 valence electrons. The Hall–Kier alpha value is -1.58. The lowest BCUT2D eigenvalue weighted by Gasteiger charge is -2.34. The number of amides is 1. The Kier molecular flexibility index (Phi) is 4.99. The molecule has 1 aliphatic rings. The van der Waals surface area contributed by atoms with Crippen LogP contribution in [0.5, 0.6) is 5.88 Å². The van der Waals surface area contributed by atoms with Gasteiger partial charge in [0.05, 0.1) is 6.54 Å². The molecule has 0 N–H and O–H groups in total. The quantitative estimate of drug-likeness (QED) is 0.827. The zero-order valence-corrected chi connectivity index (χ0v) is 12.6. The number of carbonyl (C=O) groups is 1. The summed E-state index contributed by atoms with van der Waals surface area (Å²) in [6.07, 6.45) is 5.68. The molecule has 1 aliphatic heterocycles. The van der Waals surface area contributed by atoms with Crippen LogP contribution >= 0.6 is 0 Å². The third-order valence-electron chi connectivity index (χ3n) is 3.68. The van der Waals surface area contributed by atoms with Crippen LogP contribution in [0.3, 0.4) is 0 Å². The monoisotopic (exact) mass is 276 g/mol. The van der Waals surface area contributed by atoms with Gasteiger partial charge in [0, 0.05) is 12.1 Å². The van der Waals surface area contributed by atoms with Crippen molar-refractivity contribution >= 4 is 11.6 Å². The maximum absolute atomic E-state index is 12.8. The van der Waals surface area contributed by atoms with Crippen LogP contribution in [0.15, 0.2) is 18.3 Å². The Labute approximate surface area is 121 Å². The summed E-state index contributed by atoms with van der Waals surface area (Å²) < 4.78 is 5.71. The molecule has 0 aromatic carbocycles. The third kappa shape index (κ3) is 3.11. The number of anilines is 1. The van der Waals surface area contributed by atoms with Gasteiger partial charge in [-0.25, -0.2) is 4.98 Å². The van der Waals surface area contributed by atoms with E-state index in [4.69, 9.17) is 4.74 Å². The van der Waals surface area contributed by atoms with Crippen LogP contribution < -0.4 is 9.64 Å². The van der Waals surface area contributed by atoms with E-state index in [0.717, 1.165) is 31.4 Å². The van der Waals surface area contributed by atoms with Crippen molar-refractivity contribution in [2.75, 3.05) is 11.4 Å². The number of fused-ring (bicyclic) bond motifs is 1. The fraction of sp³-hybridized carbons (Fsp3) is 0.625. The summed E-state index contributed by atoms with van der Waals surface area (Å²) >= 11 is 0. The second-order valence-corrected chi connectivity index (χ2v) is 5.48. The topological polar surface area (TPSA) is 42.4 Å². The minimum atomic E-state index is -0.00902. The van der Waals surface area contributed by atoms with Gasteiger partial charge in [-0.3, -0.25) is 4.79 Å². The number of nitrogens with zero attached hydrogens (tertiary/aromatic N) is 2. The smallest absolute Gasteiger partial charge is 0.238 e. The first kappa shape index (κ1) is 14.8. The number of carbonyl (C=O) groups excluding carboxylic acids is 1. The van der Waals surface area contributed by atoms with E-state index in [-0.39, 0.29) is 17.9 Å². The highest BCUT2D eigenvalue weighted by Crippen LogP contribution is 2.32. The number of pyridine rings is 1. The Balaban J connectivity index is 2.24. The van der Waals surface area contributed by atoms with Crippen molar-refractivity contribution in [2.45, 2.75) is 52.6 Å². The third-order valence-corrected chi connectivity index (χ3v) is 3.68. The molecular weight excluding hydrogens is 252 g/mol. The Bertz CT molecular complexity index is 456. The first-order valence-electron chi connectivity index (χ1n) is 7.60. The fourth-order valence-corrected chi connectivity index (χ4v) is 2.78. The van der Waals surface area contributed by atoms with Crippen molar-refractivity contribution in [3.63, 3.8) is 0 Å². The Morgan fingerprint density at radius 1 is 1.45 bits per heavy atom. The van der Waals surface area contributed by atoms with Crippen molar-refractivity contribution in [3.05, 3.63) is 18.3 Å². The zero-order chi connectivity index (χ0) is 14.5. The van der Waals surface area contributed by atoms with E-state index in [0.29, 0.717) is 12.4 Å². The van der Waals surface area contributed by atoms with E-state index < -0.39 is 0 Å². The van der Waals surface area contributed by atoms with Gasteiger partial charge < -0.3 is 9.64 Å². The molecule has 1 atom stereocenters. The predicted octanol–water partition coefficient (Wildman–Crippen LogP) is 3.41. The van der Waals surface area contributed by atoms with Gasteiger partial charge in [0.15, 0.2) is 0 Å². The molecule has 4 heteroatoms. The average molecular weight is 276 g/mol. The molecule has 1 aromatic rings. The minimum Gasteiger partial charge on any atom is -0.471 e. The lowest BCUT2D eigenvalue weighted by atomic mass is 9.96. The van der Waals surface area contributed by atoms with E-state index in [2.05, 4.69) is 18.8 Å². The number of hydrogen-bond donors (Lipinski definition) is 0. The van der Waals surface area contributed by atoms with E-state index in [1.807, 2.05) is 24.0 Å². The summed E-state index contributed by atoms with van der Waals surface area (Å²) in [5, 5.41) is 0. The highest BCUT2D eigenvalue weighted by Gasteiger charge is 2.31. The van der Waals surface area contributed by atoms with Crippen LogP contribution in [0.4, 0.5) is 5.69 Å². The van der Waals surface area contributed by atoms with Crippen molar-refractivity contribution in [1.29, 1.82) is 0 Å². The molecule has 0 fully saturated rings. The Morgan fingerprint density at radius 2 is 2.15 bits per heavy atom. The van der Waals surface area contributed by atoms with E-state index in [1.165, 1.54) is 0 Å². The maximum atomic E-state index is 12.8. The molecule has 1 unspecified atom stereocenters. The molecule has 0 radical (unpaired) electrons. The molecule has 4 nitrogen and oxygen atoms in total. The van der Waals surface area contributed by atoms with Gasteiger partial charge in [-0.15, -0.1) is 0 Å². The van der Waals surface area contributed by atoms with Gasteiger partial charge in [-0.1, -0.05) is 26.7 Å². The SMILES string of the molecule is CCCC(CCC)C(=O)N1CC(C)Oc2ncccc21. The first-order valence-corrected chi connectivity index (χ1v) is 7.60. The molecule has 0 spiro atoms. The van der Waals surface area contributed by atoms with Crippen molar-refractivity contribution in [3.8, 4) is 5.88 Å². The normalized spacial score (nSPS) is 17.8. The molecule has 20 heavy (non-hydrogen) atoms. The van der Waals surface area contributed by atoms with E-state index in [1.54, 1.807) is 6.20 Å². The summed E-state index contributed by atoms with van der Waals surface area (Å²) in [5.74, 6) is 0.910. The van der Waals surface area contributed by atoms with E-state index in [9.17, 15) is 4.79 Å². The molecule has 2 rings (SSSR count). The van der Waals surface area contributed by atoms with E-state index >= 15 is 0 Å². The van der Waals surface area contributed by atoms with Crippen LogP contribution in [-0.2, 0) is 4.79 Å².